The Kier molecular flexibility index (Phi) is 5.08. The van der Waals surface area contributed by atoms with Gasteiger partial charge in [0.25, 0.3) is 5.91 Å². The van der Waals surface area contributed by atoms with Crippen LogP contribution in [0.15, 0.2) is 12.1 Å². The molecular formula is C12H14Cl2N2O4S. The summed E-state index contributed by atoms with van der Waals surface area (Å²) in [5.74, 6) is -0.612. The SMILES string of the molecule is O=C(c1nc(Cl)ccc1Cl)N(CCO)C1CCS(=O)(=O)C1. The van der Waals surface area contributed by atoms with E-state index in [-0.39, 0.29) is 40.5 Å². The number of pyridine rings is 1. The number of nitrogens with zero attached hydrogens (tertiary/aromatic N) is 2. The Hall–Kier alpha value is -0.890. The van der Waals surface area contributed by atoms with Crippen molar-refractivity contribution in [2.24, 2.45) is 0 Å². The third-order valence-electron chi connectivity index (χ3n) is 3.27. The fourth-order valence-electron chi connectivity index (χ4n) is 2.28. The summed E-state index contributed by atoms with van der Waals surface area (Å²) in [6, 6.07) is 2.43. The maximum atomic E-state index is 12.5. The molecular weight excluding hydrogens is 339 g/mol. The Balaban J connectivity index is 2.30. The largest absolute Gasteiger partial charge is 0.395 e. The zero-order chi connectivity index (χ0) is 15.6. The monoisotopic (exact) mass is 352 g/mol. The van der Waals surface area contributed by atoms with Crippen molar-refractivity contribution in [2.45, 2.75) is 12.5 Å². The fraction of sp³-hybridized carbons (Fsp3) is 0.500. The van der Waals surface area contributed by atoms with Crippen LogP contribution in [0.5, 0.6) is 0 Å². The van der Waals surface area contributed by atoms with Gasteiger partial charge in [0.05, 0.1) is 23.1 Å². The standard InChI is InChI=1S/C12H14Cl2N2O4S/c13-9-1-2-10(14)15-11(9)12(18)16(4-5-17)8-3-6-21(19,20)7-8/h1-2,8,17H,3-7H2. The highest BCUT2D eigenvalue weighted by molar-refractivity contribution is 7.91. The van der Waals surface area contributed by atoms with Gasteiger partial charge in [-0.15, -0.1) is 0 Å². The molecule has 116 valence electrons. The molecule has 0 aromatic carbocycles. The molecule has 1 atom stereocenters. The first-order chi connectivity index (χ1) is 9.84. The van der Waals surface area contributed by atoms with Crippen molar-refractivity contribution in [3.05, 3.63) is 28.0 Å². The highest BCUT2D eigenvalue weighted by atomic mass is 35.5. The molecule has 1 aromatic heterocycles. The lowest BCUT2D eigenvalue weighted by atomic mass is 10.2. The predicted octanol–water partition coefficient (Wildman–Crippen LogP) is 1.01. The van der Waals surface area contributed by atoms with Crippen LogP contribution in [0.3, 0.4) is 0 Å². The van der Waals surface area contributed by atoms with Crippen molar-refractivity contribution >= 4 is 38.9 Å². The minimum absolute atomic E-state index is 0.0174. The van der Waals surface area contributed by atoms with Gasteiger partial charge < -0.3 is 10.0 Å². The van der Waals surface area contributed by atoms with Gasteiger partial charge >= 0.3 is 0 Å². The lowest BCUT2D eigenvalue weighted by molar-refractivity contribution is 0.0649. The normalized spacial score (nSPS) is 20.4. The first-order valence-corrected chi connectivity index (χ1v) is 8.86. The van der Waals surface area contributed by atoms with E-state index in [1.807, 2.05) is 0 Å². The molecule has 1 amide bonds. The van der Waals surface area contributed by atoms with E-state index >= 15 is 0 Å². The second-order valence-corrected chi connectivity index (χ2v) is 7.77. The van der Waals surface area contributed by atoms with Gasteiger partial charge in [0.2, 0.25) is 0 Å². The van der Waals surface area contributed by atoms with Gasteiger partial charge in [-0.3, -0.25) is 4.79 Å². The van der Waals surface area contributed by atoms with E-state index in [0.29, 0.717) is 6.42 Å². The van der Waals surface area contributed by atoms with Crippen LogP contribution in [0, 0.1) is 0 Å². The minimum atomic E-state index is -3.15. The fourth-order valence-corrected chi connectivity index (χ4v) is 4.35. The third kappa shape index (κ3) is 3.85. The maximum absolute atomic E-state index is 12.5. The van der Waals surface area contributed by atoms with Crippen LogP contribution in [0.25, 0.3) is 0 Å². The number of aromatic nitrogens is 1. The van der Waals surface area contributed by atoms with E-state index in [2.05, 4.69) is 4.98 Å². The van der Waals surface area contributed by atoms with Gasteiger partial charge in [0.1, 0.15) is 10.8 Å². The Morgan fingerprint density at radius 2 is 2.14 bits per heavy atom. The second kappa shape index (κ2) is 6.48. The molecule has 1 unspecified atom stereocenters. The third-order valence-corrected chi connectivity index (χ3v) is 5.53. The highest BCUT2D eigenvalue weighted by Gasteiger charge is 2.35. The average molecular weight is 353 g/mol. The molecule has 0 saturated carbocycles. The first kappa shape index (κ1) is 16.5. The van der Waals surface area contributed by atoms with E-state index in [4.69, 9.17) is 28.3 Å². The molecule has 0 bridgehead atoms. The van der Waals surface area contributed by atoms with Crippen LogP contribution in [-0.2, 0) is 9.84 Å². The van der Waals surface area contributed by atoms with Gasteiger partial charge in [-0.2, -0.15) is 0 Å². The number of amides is 1. The lowest BCUT2D eigenvalue weighted by Gasteiger charge is -2.27. The van der Waals surface area contributed by atoms with Gasteiger partial charge in [0, 0.05) is 12.6 Å². The van der Waals surface area contributed by atoms with E-state index in [1.54, 1.807) is 0 Å². The van der Waals surface area contributed by atoms with Crippen molar-refractivity contribution in [3.8, 4) is 0 Å². The molecule has 0 aliphatic carbocycles. The number of rotatable bonds is 4. The average Bonchev–Trinajstić information content (AvgIpc) is 2.78. The second-order valence-electron chi connectivity index (χ2n) is 4.74. The smallest absolute Gasteiger partial charge is 0.274 e. The zero-order valence-corrected chi connectivity index (χ0v) is 13.3. The van der Waals surface area contributed by atoms with Crippen molar-refractivity contribution in [3.63, 3.8) is 0 Å². The Labute approximate surface area is 132 Å². The molecule has 9 heteroatoms. The molecule has 0 spiro atoms. The summed E-state index contributed by atoms with van der Waals surface area (Å²) in [5, 5.41) is 9.37. The predicted molar refractivity (Wildman–Crippen MR) is 79.4 cm³/mol. The molecule has 1 aromatic rings. The minimum Gasteiger partial charge on any atom is -0.395 e. The molecule has 1 aliphatic heterocycles. The number of aliphatic hydroxyl groups excluding tert-OH is 1. The molecule has 1 saturated heterocycles. The molecule has 1 aliphatic rings. The van der Waals surface area contributed by atoms with Gasteiger partial charge in [-0.05, 0) is 18.6 Å². The molecule has 2 heterocycles. The van der Waals surface area contributed by atoms with E-state index < -0.39 is 21.8 Å². The van der Waals surface area contributed by atoms with Crippen molar-refractivity contribution in [2.75, 3.05) is 24.7 Å². The van der Waals surface area contributed by atoms with Crippen molar-refractivity contribution < 1.29 is 18.3 Å². The van der Waals surface area contributed by atoms with Gasteiger partial charge in [0.15, 0.2) is 9.84 Å². The molecule has 21 heavy (non-hydrogen) atoms. The molecule has 6 nitrogen and oxygen atoms in total. The van der Waals surface area contributed by atoms with Crippen LogP contribution in [0.4, 0.5) is 0 Å². The summed E-state index contributed by atoms with van der Waals surface area (Å²) < 4.78 is 23.1. The summed E-state index contributed by atoms with van der Waals surface area (Å²) >= 11 is 11.7. The lowest BCUT2D eigenvalue weighted by Crippen LogP contribution is -2.43. The first-order valence-electron chi connectivity index (χ1n) is 6.28. The Bertz CT molecular complexity index is 651. The van der Waals surface area contributed by atoms with Crippen LogP contribution in [0.1, 0.15) is 16.9 Å². The summed E-state index contributed by atoms with van der Waals surface area (Å²) in [5.41, 5.74) is -0.0399. The Morgan fingerprint density at radius 3 is 2.71 bits per heavy atom. The van der Waals surface area contributed by atoms with Crippen molar-refractivity contribution in [1.29, 1.82) is 0 Å². The topological polar surface area (TPSA) is 87.6 Å². The quantitative estimate of drug-likeness (QED) is 0.817. The van der Waals surface area contributed by atoms with Crippen LogP contribution in [-0.4, -0.2) is 60.0 Å². The number of halogens is 2. The number of carbonyl (C=O) groups is 1. The molecule has 0 radical (unpaired) electrons. The summed E-state index contributed by atoms with van der Waals surface area (Å²) in [6.45, 7) is -0.260. The Morgan fingerprint density at radius 1 is 1.43 bits per heavy atom. The zero-order valence-electron chi connectivity index (χ0n) is 11.0. The highest BCUT2D eigenvalue weighted by Crippen LogP contribution is 2.23. The number of aliphatic hydroxyl groups is 1. The van der Waals surface area contributed by atoms with Crippen LogP contribution in [0.2, 0.25) is 10.2 Å². The van der Waals surface area contributed by atoms with Crippen LogP contribution < -0.4 is 0 Å². The van der Waals surface area contributed by atoms with Crippen molar-refractivity contribution in [1.82, 2.24) is 9.88 Å². The van der Waals surface area contributed by atoms with E-state index in [1.165, 1.54) is 17.0 Å². The summed E-state index contributed by atoms with van der Waals surface area (Å²) in [7, 11) is -3.15. The van der Waals surface area contributed by atoms with Crippen LogP contribution >= 0.6 is 23.2 Å². The van der Waals surface area contributed by atoms with Gasteiger partial charge in [-0.25, -0.2) is 13.4 Å². The van der Waals surface area contributed by atoms with E-state index in [9.17, 15) is 13.2 Å². The summed E-state index contributed by atoms with van der Waals surface area (Å²) in [6.07, 6.45) is 0.340. The van der Waals surface area contributed by atoms with Gasteiger partial charge in [-0.1, -0.05) is 23.2 Å². The van der Waals surface area contributed by atoms with E-state index in [0.717, 1.165) is 0 Å². The number of sulfone groups is 1. The number of hydrogen-bond donors (Lipinski definition) is 1. The number of hydrogen-bond acceptors (Lipinski definition) is 5. The number of carbonyl (C=O) groups excluding carboxylic acids is 1. The molecule has 2 rings (SSSR count). The molecule has 1 fully saturated rings. The molecule has 1 N–H and O–H groups in total. The maximum Gasteiger partial charge on any atom is 0.274 e. The summed E-state index contributed by atoms with van der Waals surface area (Å²) in [4.78, 5) is 17.7.